The van der Waals surface area contributed by atoms with Crippen LogP contribution >= 0.6 is 0 Å². The average molecular weight is 491 g/mol. The van der Waals surface area contributed by atoms with Crippen molar-refractivity contribution in [3.63, 3.8) is 0 Å². The summed E-state index contributed by atoms with van der Waals surface area (Å²) in [6.07, 6.45) is 0. The maximum atomic E-state index is 12.8. The summed E-state index contributed by atoms with van der Waals surface area (Å²) in [7, 11) is 0. The lowest BCUT2D eigenvalue weighted by molar-refractivity contribution is -0.394. The van der Waals surface area contributed by atoms with Crippen molar-refractivity contribution in [3.05, 3.63) is 123 Å². The number of hydrogen-bond acceptors (Lipinski definition) is 7. The van der Waals surface area contributed by atoms with E-state index in [2.05, 4.69) is 5.32 Å². The molecule has 37 heavy (non-hydrogen) atoms. The number of nitrogens with one attached hydrogen (secondary N) is 1. The van der Waals surface area contributed by atoms with Crippen LogP contribution in [0.2, 0.25) is 0 Å². The van der Waals surface area contributed by atoms with Crippen LogP contribution in [0.3, 0.4) is 0 Å². The number of nitro benzene ring substituents is 2. The van der Waals surface area contributed by atoms with Crippen molar-refractivity contribution in [2.45, 2.75) is 0 Å². The molecule has 10 nitrogen and oxygen atoms in total. The van der Waals surface area contributed by atoms with Gasteiger partial charge in [-0.3, -0.25) is 25.0 Å². The molecule has 0 aliphatic carbocycles. The number of nitro groups is 2. The van der Waals surface area contributed by atoms with Gasteiger partial charge in [-0.1, -0.05) is 60.7 Å². The van der Waals surface area contributed by atoms with Crippen molar-refractivity contribution >= 4 is 34.0 Å². The molecular weight excluding hydrogens is 474 g/mol. The summed E-state index contributed by atoms with van der Waals surface area (Å²) >= 11 is 0. The second-order valence-corrected chi connectivity index (χ2v) is 8.06. The number of nitrogens with zero attached hydrogens (tertiary/aromatic N) is 4. The molecule has 5 rings (SSSR count). The van der Waals surface area contributed by atoms with Crippen molar-refractivity contribution in [2.75, 3.05) is 5.32 Å². The standard InChI is InChI=1S/C27H17N5O5/c33-27(19-13-21(31(34)35)16-22(14-19)32(36)37)28-20-11-12-23-24(15-20)30-26(18-9-5-2-6-10-18)25(29-23)17-7-3-1-4-8-17/h1-16H,(H,28,33). The van der Waals surface area contributed by atoms with Crippen LogP contribution in [-0.4, -0.2) is 25.7 Å². The van der Waals surface area contributed by atoms with E-state index in [9.17, 15) is 25.0 Å². The second kappa shape index (κ2) is 9.62. The smallest absolute Gasteiger partial charge is 0.277 e. The number of non-ortho nitro benzene ring substituents is 2. The van der Waals surface area contributed by atoms with E-state index in [1.165, 1.54) is 0 Å². The van der Waals surface area contributed by atoms with E-state index in [0.29, 0.717) is 28.1 Å². The molecular formula is C27H17N5O5. The fourth-order valence-corrected chi connectivity index (χ4v) is 3.87. The third kappa shape index (κ3) is 4.84. The van der Waals surface area contributed by atoms with Crippen molar-refractivity contribution in [1.82, 2.24) is 9.97 Å². The molecule has 0 radical (unpaired) electrons. The van der Waals surface area contributed by atoms with Crippen LogP contribution in [0.5, 0.6) is 0 Å². The van der Waals surface area contributed by atoms with Crippen molar-refractivity contribution < 1.29 is 14.6 Å². The first kappa shape index (κ1) is 23.2. The molecule has 10 heteroatoms. The Balaban J connectivity index is 1.55. The molecule has 0 saturated heterocycles. The molecule has 5 aromatic rings. The third-order valence-electron chi connectivity index (χ3n) is 5.60. The Hall–Kier alpha value is -5.51. The van der Waals surface area contributed by atoms with Gasteiger partial charge in [-0.15, -0.1) is 0 Å². The Bertz CT molecular complexity index is 1640. The van der Waals surface area contributed by atoms with E-state index in [1.807, 2.05) is 60.7 Å². The Morgan fingerprint density at radius 2 is 1.16 bits per heavy atom. The first-order valence-electron chi connectivity index (χ1n) is 11.1. The number of rotatable bonds is 6. The van der Waals surface area contributed by atoms with Crippen LogP contribution in [0.4, 0.5) is 17.1 Å². The highest BCUT2D eigenvalue weighted by Crippen LogP contribution is 2.32. The molecule has 4 aromatic carbocycles. The summed E-state index contributed by atoms with van der Waals surface area (Å²) < 4.78 is 0. The Labute approximate surface area is 209 Å². The van der Waals surface area contributed by atoms with Gasteiger partial charge >= 0.3 is 0 Å². The molecule has 0 spiro atoms. The lowest BCUT2D eigenvalue weighted by Gasteiger charge is -2.12. The number of amides is 1. The molecule has 180 valence electrons. The van der Waals surface area contributed by atoms with E-state index in [4.69, 9.17) is 9.97 Å². The number of carbonyl (C=O) groups excluding carboxylic acids is 1. The lowest BCUT2D eigenvalue weighted by Crippen LogP contribution is -2.12. The average Bonchev–Trinajstić information content (AvgIpc) is 2.93. The summed E-state index contributed by atoms with van der Waals surface area (Å²) in [4.78, 5) is 43.3. The van der Waals surface area contributed by atoms with Crippen molar-refractivity contribution in [2.24, 2.45) is 0 Å². The van der Waals surface area contributed by atoms with Crippen LogP contribution in [0.25, 0.3) is 33.5 Å². The number of carbonyl (C=O) groups is 1. The van der Waals surface area contributed by atoms with Crippen LogP contribution in [0.15, 0.2) is 97.1 Å². The minimum Gasteiger partial charge on any atom is -0.322 e. The van der Waals surface area contributed by atoms with Gasteiger partial charge in [0.15, 0.2) is 0 Å². The minimum atomic E-state index is -0.787. The topological polar surface area (TPSA) is 141 Å². The van der Waals surface area contributed by atoms with E-state index >= 15 is 0 Å². The van der Waals surface area contributed by atoms with Crippen LogP contribution in [0, 0.1) is 20.2 Å². The lowest BCUT2D eigenvalue weighted by atomic mass is 10.0. The van der Waals surface area contributed by atoms with Crippen LogP contribution in [-0.2, 0) is 0 Å². The van der Waals surface area contributed by atoms with E-state index in [1.54, 1.807) is 18.2 Å². The molecule has 0 aliphatic rings. The molecule has 1 heterocycles. The molecule has 0 bridgehead atoms. The number of aromatic nitrogens is 2. The second-order valence-electron chi connectivity index (χ2n) is 8.06. The summed E-state index contributed by atoms with van der Waals surface area (Å²) in [6, 6.07) is 27.0. The molecule has 0 fully saturated rings. The number of anilines is 1. The van der Waals surface area contributed by atoms with Crippen LogP contribution in [0.1, 0.15) is 10.4 Å². The first-order chi connectivity index (χ1) is 17.9. The van der Waals surface area contributed by atoms with Gasteiger partial charge in [0.05, 0.1) is 43.9 Å². The number of hydrogen-bond donors (Lipinski definition) is 1. The first-order valence-corrected chi connectivity index (χ1v) is 11.1. The van der Waals surface area contributed by atoms with Gasteiger partial charge in [-0.25, -0.2) is 9.97 Å². The Morgan fingerprint density at radius 3 is 1.68 bits per heavy atom. The summed E-state index contributed by atoms with van der Waals surface area (Å²) in [5.74, 6) is -0.733. The zero-order chi connectivity index (χ0) is 25.9. The Morgan fingerprint density at radius 1 is 0.649 bits per heavy atom. The summed E-state index contributed by atoms with van der Waals surface area (Å²) in [6.45, 7) is 0. The highest BCUT2D eigenvalue weighted by Gasteiger charge is 2.20. The highest BCUT2D eigenvalue weighted by molar-refractivity contribution is 6.06. The number of benzene rings is 4. The largest absolute Gasteiger partial charge is 0.322 e. The normalized spacial score (nSPS) is 10.7. The molecule has 0 aliphatic heterocycles. The van der Waals surface area contributed by atoms with Crippen molar-refractivity contribution in [3.8, 4) is 22.5 Å². The predicted molar refractivity (Wildman–Crippen MR) is 138 cm³/mol. The van der Waals surface area contributed by atoms with E-state index in [-0.39, 0.29) is 5.56 Å². The van der Waals surface area contributed by atoms with Gasteiger partial charge in [0.1, 0.15) is 0 Å². The fourth-order valence-electron chi connectivity index (χ4n) is 3.87. The zero-order valence-electron chi connectivity index (χ0n) is 19.1. The zero-order valence-corrected chi connectivity index (χ0v) is 19.1. The fraction of sp³-hybridized carbons (Fsp3) is 0. The maximum absolute atomic E-state index is 12.8. The van der Waals surface area contributed by atoms with Crippen molar-refractivity contribution in [1.29, 1.82) is 0 Å². The molecule has 0 saturated carbocycles. The molecule has 1 N–H and O–H groups in total. The van der Waals surface area contributed by atoms with Gasteiger partial charge in [0.25, 0.3) is 17.3 Å². The van der Waals surface area contributed by atoms with Gasteiger partial charge in [-0.2, -0.15) is 0 Å². The molecule has 0 unspecified atom stereocenters. The molecule has 1 aromatic heterocycles. The van der Waals surface area contributed by atoms with Crippen LogP contribution < -0.4 is 5.32 Å². The maximum Gasteiger partial charge on any atom is 0.277 e. The monoisotopic (exact) mass is 491 g/mol. The van der Waals surface area contributed by atoms with Gasteiger partial charge in [-0.05, 0) is 18.2 Å². The minimum absolute atomic E-state index is 0.212. The van der Waals surface area contributed by atoms with E-state index < -0.39 is 27.1 Å². The quantitative estimate of drug-likeness (QED) is 0.226. The molecule has 1 amide bonds. The SMILES string of the molecule is O=C(Nc1ccc2nc(-c3ccccc3)c(-c3ccccc3)nc2c1)c1cc([N+](=O)[O-])cc([N+](=O)[O-])c1. The highest BCUT2D eigenvalue weighted by atomic mass is 16.6. The predicted octanol–water partition coefficient (Wildman–Crippen LogP) is 6.03. The van der Waals surface area contributed by atoms with Gasteiger partial charge in [0.2, 0.25) is 0 Å². The third-order valence-corrected chi connectivity index (χ3v) is 5.60. The van der Waals surface area contributed by atoms with Gasteiger partial charge < -0.3 is 5.32 Å². The number of fused-ring (bicyclic) bond motifs is 1. The summed E-state index contributed by atoms with van der Waals surface area (Å²) in [5.41, 5.74) is 3.30. The molecule has 0 atom stereocenters. The Kier molecular flexibility index (Phi) is 6.05. The van der Waals surface area contributed by atoms with Gasteiger partial charge in [0, 0.05) is 28.9 Å². The summed E-state index contributed by atoms with van der Waals surface area (Å²) in [5, 5.41) is 25.0. The van der Waals surface area contributed by atoms with E-state index in [0.717, 1.165) is 29.3 Å².